The molecule has 1 atom stereocenters. The highest BCUT2D eigenvalue weighted by molar-refractivity contribution is 14.0. The summed E-state index contributed by atoms with van der Waals surface area (Å²) in [6.45, 7) is 10.3. The molecule has 4 nitrogen and oxygen atoms in total. The summed E-state index contributed by atoms with van der Waals surface area (Å²) >= 11 is 0. The van der Waals surface area contributed by atoms with Gasteiger partial charge in [0, 0.05) is 37.4 Å². The average molecular weight is 390 g/mol. The van der Waals surface area contributed by atoms with Gasteiger partial charge >= 0.3 is 0 Å². The largest absolute Gasteiger partial charge is 0.357 e. The minimum atomic E-state index is 0. The molecule has 0 spiro atoms. The Bertz CT molecular complexity index is 379. The lowest BCUT2D eigenvalue weighted by molar-refractivity contribution is 0.481. The average Bonchev–Trinajstić information content (AvgIpc) is 2.40. The highest BCUT2D eigenvalue weighted by Gasteiger charge is 2.08. The quantitative estimate of drug-likeness (QED) is 0.446. The molecule has 0 saturated carbocycles. The van der Waals surface area contributed by atoms with Crippen LogP contribution in [0.25, 0.3) is 0 Å². The van der Waals surface area contributed by atoms with Crippen molar-refractivity contribution in [1.29, 1.82) is 0 Å². The fourth-order valence-corrected chi connectivity index (χ4v) is 1.53. The minimum absolute atomic E-state index is 0. The van der Waals surface area contributed by atoms with Gasteiger partial charge in [-0.15, -0.1) is 24.0 Å². The number of hydrogen-bond donors (Lipinski definition) is 2. The topological polar surface area (TPSA) is 49.3 Å². The summed E-state index contributed by atoms with van der Waals surface area (Å²) < 4.78 is 0. The molecule has 0 fully saturated rings. The van der Waals surface area contributed by atoms with Crippen LogP contribution < -0.4 is 10.6 Å². The Morgan fingerprint density at radius 1 is 1.30 bits per heavy atom. The van der Waals surface area contributed by atoms with E-state index in [9.17, 15) is 0 Å². The summed E-state index contributed by atoms with van der Waals surface area (Å²) in [6.07, 6.45) is 2.69. The molecular formula is C15H27IN4. The van der Waals surface area contributed by atoms with Gasteiger partial charge in [0.25, 0.3) is 0 Å². The highest BCUT2D eigenvalue weighted by atomic mass is 127. The molecule has 1 heterocycles. The molecule has 1 aromatic rings. The number of nitrogens with one attached hydrogen (secondary N) is 2. The lowest BCUT2D eigenvalue weighted by Gasteiger charge is -2.20. The number of nitrogens with zero attached hydrogens (tertiary/aromatic N) is 2. The van der Waals surface area contributed by atoms with Gasteiger partial charge in [-0.05, 0) is 31.9 Å². The van der Waals surface area contributed by atoms with E-state index in [4.69, 9.17) is 0 Å². The first-order chi connectivity index (χ1) is 9.13. The zero-order valence-corrected chi connectivity index (χ0v) is 15.2. The van der Waals surface area contributed by atoms with Crippen LogP contribution in [0.5, 0.6) is 0 Å². The zero-order valence-electron chi connectivity index (χ0n) is 12.9. The van der Waals surface area contributed by atoms with E-state index in [-0.39, 0.29) is 24.0 Å². The lowest BCUT2D eigenvalue weighted by Crippen LogP contribution is -2.44. The van der Waals surface area contributed by atoms with Gasteiger partial charge in [-0.1, -0.05) is 19.9 Å². The van der Waals surface area contributed by atoms with Crippen LogP contribution in [0.15, 0.2) is 29.4 Å². The molecule has 20 heavy (non-hydrogen) atoms. The number of hydrogen-bond acceptors (Lipinski definition) is 2. The highest BCUT2D eigenvalue weighted by Crippen LogP contribution is 1.99. The predicted octanol–water partition coefficient (Wildman–Crippen LogP) is 2.84. The van der Waals surface area contributed by atoms with Crippen LogP contribution >= 0.6 is 24.0 Å². The summed E-state index contributed by atoms with van der Waals surface area (Å²) in [5.41, 5.74) is 1.08. The van der Waals surface area contributed by atoms with Crippen LogP contribution in [0.4, 0.5) is 0 Å². The smallest absolute Gasteiger partial charge is 0.191 e. The Balaban J connectivity index is 0.00000361. The van der Waals surface area contributed by atoms with E-state index in [2.05, 4.69) is 48.3 Å². The third-order valence-corrected chi connectivity index (χ3v) is 3.07. The van der Waals surface area contributed by atoms with Crippen molar-refractivity contribution in [3.8, 4) is 0 Å². The molecule has 2 N–H and O–H groups in total. The number of rotatable bonds is 6. The van der Waals surface area contributed by atoms with E-state index >= 15 is 0 Å². The van der Waals surface area contributed by atoms with Gasteiger partial charge in [0.05, 0.1) is 0 Å². The third kappa shape index (κ3) is 7.67. The van der Waals surface area contributed by atoms with Gasteiger partial charge in [-0.25, -0.2) is 0 Å². The van der Waals surface area contributed by atoms with E-state index in [1.807, 2.05) is 24.4 Å². The Hall–Kier alpha value is -0.850. The molecule has 0 aliphatic carbocycles. The second-order valence-electron chi connectivity index (χ2n) is 5.01. The van der Waals surface area contributed by atoms with Crippen molar-refractivity contribution in [2.45, 2.75) is 40.2 Å². The van der Waals surface area contributed by atoms with Gasteiger partial charge in [-0.3, -0.25) is 9.98 Å². The van der Waals surface area contributed by atoms with Gasteiger partial charge < -0.3 is 10.6 Å². The number of halogens is 1. The van der Waals surface area contributed by atoms with Crippen molar-refractivity contribution in [2.24, 2.45) is 10.9 Å². The van der Waals surface area contributed by atoms with Crippen molar-refractivity contribution < 1.29 is 0 Å². The summed E-state index contributed by atoms with van der Waals surface area (Å²) in [6, 6.07) is 6.39. The molecule has 0 radical (unpaired) electrons. The van der Waals surface area contributed by atoms with E-state index in [1.165, 1.54) is 0 Å². The SMILES string of the molecule is CCNC(=NCCc1ccccn1)NC(C)C(C)C.I. The molecule has 0 aliphatic heterocycles. The van der Waals surface area contributed by atoms with Crippen LogP contribution in [0.3, 0.4) is 0 Å². The molecule has 0 aliphatic rings. The van der Waals surface area contributed by atoms with Gasteiger partial charge in [0.2, 0.25) is 0 Å². The molecule has 0 saturated heterocycles. The predicted molar refractivity (Wildman–Crippen MR) is 96.8 cm³/mol. The number of guanidine groups is 1. The summed E-state index contributed by atoms with van der Waals surface area (Å²) in [5, 5.41) is 6.70. The van der Waals surface area contributed by atoms with Gasteiger partial charge in [0.15, 0.2) is 5.96 Å². The van der Waals surface area contributed by atoms with E-state index in [1.54, 1.807) is 0 Å². The Kier molecular flexibility index (Phi) is 10.4. The monoisotopic (exact) mass is 390 g/mol. The second kappa shape index (κ2) is 10.9. The first kappa shape index (κ1) is 19.1. The Morgan fingerprint density at radius 2 is 2.05 bits per heavy atom. The second-order valence-corrected chi connectivity index (χ2v) is 5.01. The van der Waals surface area contributed by atoms with Crippen LogP contribution in [-0.4, -0.2) is 30.1 Å². The van der Waals surface area contributed by atoms with Gasteiger partial charge in [0.1, 0.15) is 0 Å². The van der Waals surface area contributed by atoms with E-state index in [0.29, 0.717) is 12.0 Å². The van der Waals surface area contributed by atoms with E-state index < -0.39 is 0 Å². The summed E-state index contributed by atoms with van der Waals surface area (Å²) in [4.78, 5) is 8.89. The zero-order chi connectivity index (χ0) is 14.1. The van der Waals surface area contributed by atoms with Crippen LogP contribution in [0, 0.1) is 5.92 Å². The lowest BCUT2D eigenvalue weighted by atomic mass is 10.1. The summed E-state index contributed by atoms with van der Waals surface area (Å²) in [5.74, 6) is 1.47. The van der Waals surface area contributed by atoms with Crippen molar-refractivity contribution in [3.05, 3.63) is 30.1 Å². The maximum absolute atomic E-state index is 4.59. The van der Waals surface area contributed by atoms with Crippen molar-refractivity contribution in [1.82, 2.24) is 15.6 Å². The molecule has 114 valence electrons. The van der Waals surface area contributed by atoms with Crippen molar-refractivity contribution in [2.75, 3.05) is 13.1 Å². The Labute approximate surface area is 139 Å². The summed E-state index contributed by atoms with van der Waals surface area (Å²) in [7, 11) is 0. The standard InChI is InChI=1S/C15H26N4.HI/c1-5-16-15(19-13(4)12(2)3)18-11-9-14-8-6-7-10-17-14;/h6-8,10,12-13H,5,9,11H2,1-4H3,(H2,16,18,19);1H. The molecule has 1 rings (SSSR count). The molecule has 1 aromatic heterocycles. The van der Waals surface area contributed by atoms with Crippen molar-refractivity contribution >= 4 is 29.9 Å². The first-order valence-electron chi connectivity index (χ1n) is 7.08. The number of pyridine rings is 1. The molecular weight excluding hydrogens is 363 g/mol. The normalized spacial score (nSPS) is 12.8. The molecule has 0 bridgehead atoms. The maximum atomic E-state index is 4.59. The number of aromatic nitrogens is 1. The van der Waals surface area contributed by atoms with Crippen LogP contribution in [-0.2, 0) is 6.42 Å². The third-order valence-electron chi connectivity index (χ3n) is 3.07. The van der Waals surface area contributed by atoms with Crippen LogP contribution in [0.2, 0.25) is 0 Å². The molecule has 0 amide bonds. The molecule has 0 aromatic carbocycles. The first-order valence-corrected chi connectivity index (χ1v) is 7.08. The fraction of sp³-hybridized carbons (Fsp3) is 0.600. The fourth-order valence-electron chi connectivity index (χ4n) is 1.53. The van der Waals surface area contributed by atoms with Gasteiger partial charge in [-0.2, -0.15) is 0 Å². The maximum Gasteiger partial charge on any atom is 0.191 e. The minimum Gasteiger partial charge on any atom is -0.357 e. The Morgan fingerprint density at radius 3 is 2.60 bits per heavy atom. The number of aliphatic imine (C=N–C) groups is 1. The van der Waals surface area contributed by atoms with E-state index in [0.717, 1.165) is 31.2 Å². The van der Waals surface area contributed by atoms with Crippen LogP contribution in [0.1, 0.15) is 33.4 Å². The van der Waals surface area contributed by atoms with Crippen molar-refractivity contribution in [3.63, 3.8) is 0 Å². The molecule has 5 heteroatoms. The molecule has 1 unspecified atom stereocenters.